The number of hydrogen-bond acceptors (Lipinski definition) is 3. The first-order valence-electron chi connectivity index (χ1n) is 2.19. The summed E-state index contributed by atoms with van der Waals surface area (Å²) in [6.07, 6.45) is 5.27. The molecule has 2 aromatic rings. The van der Waals surface area contributed by atoms with Gasteiger partial charge in [0.25, 0.3) is 0 Å². The molecule has 2 aromatic heterocycles. The predicted molar refractivity (Wildman–Crippen MR) is 30.9 cm³/mol. The second-order valence-corrected chi connectivity index (χ2v) is 2.26. The van der Waals surface area contributed by atoms with Gasteiger partial charge < -0.3 is 0 Å². The van der Waals surface area contributed by atoms with E-state index in [0.29, 0.717) is 0 Å². The Kier molecular flexibility index (Phi) is 0.648. The van der Waals surface area contributed by atoms with Gasteiger partial charge in [0.05, 0.1) is 6.20 Å². The van der Waals surface area contributed by atoms with Crippen molar-refractivity contribution in [3.8, 4) is 0 Å². The van der Waals surface area contributed by atoms with Crippen LogP contribution in [0.5, 0.6) is 0 Å². The van der Waals surface area contributed by atoms with E-state index in [1.807, 2.05) is 4.40 Å². The van der Waals surface area contributed by atoms with E-state index in [2.05, 4.69) is 9.36 Å². The molecule has 4 heteroatoms. The van der Waals surface area contributed by atoms with Crippen molar-refractivity contribution in [3.63, 3.8) is 0 Å². The van der Waals surface area contributed by atoms with Crippen molar-refractivity contribution in [1.82, 2.24) is 13.8 Å². The number of fused-ring (bicyclic) bond motifs is 1. The second-order valence-electron chi connectivity index (χ2n) is 1.45. The minimum atomic E-state index is 1.09. The maximum atomic E-state index is 3.93. The number of rotatable bonds is 0. The maximum Gasteiger partial charge on any atom is 0.139 e. The molecule has 40 valence electrons. The molecular weight excluding hydrogens is 122 g/mol. The van der Waals surface area contributed by atoms with Gasteiger partial charge in [0.1, 0.15) is 17.5 Å². The highest BCUT2D eigenvalue weighted by atomic mass is 32.1. The van der Waals surface area contributed by atoms with Crippen LogP contribution >= 0.6 is 11.5 Å². The van der Waals surface area contributed by atoms with E-state index < -0.39 is 0 Å². The van der Waals surface area contributed by atoms with E-state index in [0.717, 1.165) is 4.83 Å². The van der Waals surface area contributed by atoms with Crippen molar-refractivity contribution in [2.24, 2.45) is 0 Å². The Hall–Kier alpha value is -0.900. The molecule has 8 heavy (non-hydrogen) atoms. The Labute approximate surface area is 49.8 Å². The van der Waals surface area contributed by atoms with Crippen LogP contribution in [0.4, 0.5) is 0 Å². The van der Waals surface area contributed by atoms with Crippen LogP contribution in [0.25, 0.3) is 4.83 Å². The lowest BCUT2D eigenvalue weighted by atomic mass is 10.9. The molecule has 0 amide bonds. The summed E-state index contributed by atoms with van der Waals surface area (Å²) in [5.74, 6) is 0. The molecule has 0 aliphatic carbocycles. The van der Waals surface area contributed by atoms with Crippen LogP contribution in [0.2, 0.25) is 0 Å². The third-order valence-electron chi connectivity index (χ3n) is 0.948. The fourth-order valence-corrected chi connectivity index (χ4v) is 1.13. The van der Waals surface area contributed by atoms with E-state index in [1.54, 1.807) is 18.9 Å². The van der Waals surface area contributed by atoms with Gasteiger partial charge >= 0.3 is 0 Å². The zero-order chi connectivity index (χ0) is 5.40. The highest BCUT2D eigenvalue weighted by molar-refractivity contribution is 7.11. The molecule has 0 saturated heterocycles. The molecule has 0 aliphatic rings. The van der Waals surface area contributed by atoms with Crippen molar-refractivity contribution in [2.45, 2.75) is 0 Å². The molecule has 0 radical (unpaired) electrons. The molecule has 2 rings (SSSR count). The lowest BCUT2D eigenvalue weighted by Gasteiger charge is -1.68. The van der Waals surface area contributed by atoms with Gasteiger partial charge in [-0.2, -0.15) is 4.37 Å². The van der Waals surface area contributed by atoms with E-state index in [-0.39, 0.29) is 0 Å². The molecule has 0 bridgehead atoms. The van der Waals surface area contributed by atoms with Crippen molar-refractivity contribution >= 4 is 16.4 Å². The first-order valence-corrected chi connectivity index (χ1v) is 2.96. The normalized spacial score (nSPS) is 10.5. The summed E-state index contributed by atoms with van der Waals surface area (Å²) in [5.41, 5.74) is 0. The molecular formula is C4H3N3S. The molecule has 0 N–H and O–H groups in total. The quantitative estimate of drug-likeness (QED) is 0.521. The average Bonchev–Trinajstić information content (AvgIpc) is 2.15. The van der Waals surface area contributed by atoms with Crippen LogP contribution in [0.3, 0.4) is 0 Å². The van der Waals surface area contributed by atoms with Crippen LogP contribution in [0.15, 0.2) is 18.9 Å². The molecule has 0 atom stereocenters. The van der Waals surface area contributed by atoms with E-state index >= 15 is 0 Å². The number of aromatic nitrogens is 3. The number of hydrogen-bond donors (Lipinski definition) is 0. The Balaban J connectivity index is 3.06. The highest BCUT2D eigenvalue weighted by Gasteiger charge is 1.89. The second kappa shape index (κ2) is 1.29. The monoisotopic (exact) mass is 125 g/mol. The van der Waals surface area contributed by atoms with Gasteiger partial charge in [0, 0.05) is 0 Å². The summed E-state index contributed by atoms with van der Waals surface area (Å²) in [4.78, 5) is 4.98. The topological polar surface area (TPSA) is 30.2 Å². The zero-order valence-corrected chi connectivity index (χ0v) is 4.80. The minimum Gasteiger partial charge on any atom is -0.279 e. The molecule has 0 aliphatic heterocycles. The van der Waals surface area contributed by atoms with Gasteiger partial charge in [-0.25, -0.2) is 4.98 Å². The van der Waals surface area contributed by atoms with Crippen molar-refractivity contribution in [3.05, 3.63) is 18.9 Å². The molecule has 0 spiro atoms. The van der Waals surface area contributed by atoms with Gasteiger partial charge in [-0.05, 0) is 11.5 Å². The summed E-state index contributed by atoms with van der Waals surface area (Å²) in [5, 5.41) is 0. The fraction of sp³-hybridized carbons (Fsp3) is 0. The van der Waals surface area contributed by atoms with Crippen LogP contribution in [-0.2, 0) is 0 Å². The summed E-state index contributed by atoms with van der Waals surface area (Å²) < 4.78 is 5.81. The van der Waals surface area contributed by atoms with Crippen molar-refractivity contribution < 1.29 is 0 Å². The summed E-state index contributed by atoms with van der Waals surface area (Å²) in [6.45, 7) is 0. The van der Waals surface area contributed by atoms with Crippen LogP contribution in [0.1, 0.15) is 0 Å². The van der Waals surface area contributed by atoms with Crippen LogP contribution in [0, 0.1) is 0 Å². The fourth-order valence-electron chi connectivity index (χ4n) is 0.578. The third kappa shape index (κ3) is 0.376. The lowest BCUT2D eigenvalue weighted by molar-refractivity contribution is 1.14. The first-order chi connectivity index (χ1) is 3.97. The maximum absolute atomic E-state index is 3.93. The van der Waals surface area contributed by atoms with Crippen molar-refractivity contribution in [2.75, 3.05) is 0 Å². The Morgan fingerprint density at radius 2 is 2.50 bits per heavy atom. The van der Waals surface area contributed by atoms with Gasteiger partial charge in [-0.1, -0.05) is 0 Å². The molecule has 0 saturated carbocycles. The lowest BCUT2D eigenvalue weighted by Crippen LogP contribution is -1.67. The van der Waals surface area contributed by atoms with E-state index in [1.165, 1.54) is 11.5 Å². The Morgan fingerprint density at radius 3 is 3.38 bits per heavy atom. The first kappa shape index (κ1) is 4.03. The summed E-state index contributed by atoms with van der Waals surface area (Å²) in [6, 6.07) is 0. The molecule has 0 aromatic carbocycles. The molecule has 3 nitrogen and oxygen atoms in total. The highest BCUT2D eigenvalue weighted by Crippen LogP contribution is 2.03. The standard InChI is InChI=1S/C4H3N3S/c1-4-7(2-5-1)3-6-8-4/h1-3H. The summed E-state index contributed by atoms with van der Waals surface area (Å²) in [7, 11) is 0. The third-order valence-corrected chi connectivity index (χ3v) is 1.65. The van der Waals surface area contributed by atoms with E-state index in [9.17, 15) is 0 Å². The van der Waals surface area contributed by atoms with Crippen LogP contribution in [-0.4, -0.2) is 13.8 Å². The van der Waals surface area contributed by atoms with Crippen molar-refractivity contribution in [1.29, 1.82) is 0 Å². The SMILES string of the molecule is c1ncn2cnsc12. The predicted octanol–water partition coefficient (Wildman–Crippen LogP) is 0.791. The van der Waals surface area contributed by atoms with Gasteiger partial charge in [-0.3, -0.25) is 4.40 Å². The van der Waals surface area contributed by atoms with E-state index in [4.69, 9.17) is 0 Å². The number of nitrogens with zero attached hydrogens (tertiary/aromatic N) is 3. The average molecular weight is 125 g/mol. The van der Waals surface area contributed by atoms with Gasteiger partial charge in [-0.15, -0.1) is 0 Å². The zero-order valence-electron chi connectivity index (χ0n) is 3.98. The van der Waals surface area contributed by atoms with Gasteiger partial charge in [0.15, 0.2) is 0 Å². The van der Waals surface area contributed by atoms with Crippen LogP contribution < -0.4 is 0 Å². The molecule has 0 unspecified atom stereocenters. The molecule has 2 heterocycles. The Bertz CT molecular complexity index is 233. The number of imidazole rings is 1. The van der Waals surface area contributed by atoms with Gasteiger partial charge in [0.2, 0.25) is 0 Å². The minimum absolute atomic E-state index is 1.09. The Morgan fingerprint density at radius 1 is 1.50 bits per heavy atom. The smallest absolute Gasteiger partial charge is 0.139 e. The molecule has 0 fully saturated rings. The largest absolute Gasteiger partial charge is 0.279 e. The summed E-state index contributed by atoms with van der Waals surface area (Å²) >= 11 is 1.44.